The SMILES string of the molecule is NC1CCC(Nc2cc(-c3n[nH]c(=O)o3)ccc2Cl)CC1. The van der Waals surface area contributed by atoms with Gasteiger partial charge in [0.25, 0.3) is 0 Å². The Morgan fingerprint density at radius 2 is 2.10 bits per heavy atom. The molecule has 4 N–H and O–H groups in total. The summed E-state index contributed by atoms with van der Waals surface area (Å²) >= 11 is 6.23. The molecule has 3 rings (SSSR count). The van der Waals surface area contributed by atoms with Gasteiger partial charge in [-0.1, -0.05) is 11.6 Å². The van der Waals surface area contributed by atoms with Crippen molar-refractivity contribution in [3.05, 3.63) is 33.8 Å². The molecule has 1 aliphatic rings. The quantitative estimate of drug-likeness (QED) is 0.808. The normalized spacial score (nSPS) is 22.2. The van der Waals surface area contributed by atoms with Crippen molar-refractivity contribution in [1.29, 1.82) is 0 Å². The van der Waals surface area contributed by atoms with Gasteiger partial charge in [-0.25, -0.2) is 9.89 Å². The third kappa shape index (κ3) is 3.28. The Labute approximate surface area is 126 Å². The Morgan fingerprint density at radius 1 is 1.33 bits per heavy atom. The van der Waals surface area contributed by atoms with Crippen LogP contribution >= 0.6 is 11.6 Å². The van der Waals surface area contributed by atoms with E-state index < -0.39 is 5.76 Å². The first-order chi connectivity index (χ1) is 10.1. The molecule has 1 aromatic carbocycles. The highest BCUT2D eigenvalue weighted by Gasteiger charge is 2.19. The van der Waals surface area contributed by atoms with E-state index in [1.165, 1.54) is 0 Å². The first kappa shape index (κ1) is 14.2. The van der Waals surface area contributed by atoms with Gasteiger partial charge in [-0.15, -0.1) is 5.10 Å². The van der Waals surface area contributed by atoms with Gasteiger partial charge in [0.15, 0.2) is 0 Å². The van der Waals surface area contributed by atoms with Gasteiger partial charge in [0.05, 0.1) is 10.7 Å². The van der Waals surface area contributed by atoms with E-state index in [9.17, 15) is 4.79 Å². The lowest BCUT2D eigenvalue weighted by atomic mass is 9.91. The fourth-order valence-electron chi connectivity index (χ4n) is 2.61. The van der Waals surface area contributed by atoms with E-state index in [0.29, 0.717) is 22.7 Å². The standard InChI is InChI=1S/C14H17ClN4O2/c15-11-6-1-8(13-18-19-14(20)21-13)7-12(11)17-10-4-2-9(16)3-5-10/h1,6-7,9-10,17H,2-5,16H2,(H,19,20). The molecule has 6 nitrogen and oxygen atoms in total. The molecule has 1 fully saturated rings. The predicted octanol–water partition coefficient (Wildman–Crippen LogP) is 2.37. The van der Waals surface area contributed by atoms with Crippen LogP contribution in [0.2, 0.25) is 5.02 Å². The van der Waals surface area contributed by atoms with Gasteiger partial charge >= 0.3 is 5.76 Å². The van der Waals surface area contributed by atoms with Crippen LogP contribution in [-0.2, 0) is 0 Å². The molecule has 0 atom stereocenters. The van der Waals surface area contributed by atoms with Crippen molar-refractivity contribution in [2.45, 2.75) is 37.8 Å². The van der Waals surface area contributed by atoms with Gasteiger partial charge in [-0.05, 0) is 43.9 Å². The number of anilines is 1. The number of hydrogen-bond donors (Lipinski definition) is 3. The lowest BCUT2D eigenvalue weighted by Crippen LogP contribution is -2.32. The Bertz CT molecular complexity index is 674. The van der Waals surface area contributed by atoms with Gasteiger partial charge in [-0.2, -0.15) is 0 Å². The molecule has 0 bridgehead atoms. The second kappa shape index (κ2) is 5.91. The molecule has 1 saturated carbocycles. The number of nitrogens with one attached hydrogen (secondary N) is 2. The lowest BCUT2D eigenvalue weighted by Gasteiger charge is -2.28. The number of halogens is 1. The predicted molar refractivity (Wildman–Crippen MR) is 81.4 cm³/mol. The second-order valence-corrected chi connectivity index (χ2v) is 5.78. The van der Waals surface area contributed by atoms with Crippen molar-refractivity contribution in [3.8, 4) is 11.5 Å². The van der Waals surface area contributed by atoms with Gasteiger partial charge < -0.3 is 15.5 Å². The molecule has 0 unspecified atom stereocenters. The van der Waals surface area contributed by atoms with E-state index in [2.05, 4.69) is 15.5 Å². The van der Waals surface area contributed by atoms with Crippen LogP contribution in [0.15, 0.2) is 27.4 Å². The summed E-state index contributed by atoms with van der Waals surface area (Å²) < 4.78 is 4.96. The van der Waals surface area contributed by atoms with Crippen molar-refractivity contribution in [2.24, 2.45) is 5.73 Å². The van der Waals surface area contributed by atoms with Crippen molar-refractivity contribution in [2.75, 3.05) is 5.32 Å². The Kier molecular flexibility index (Phi) is 3.98. The van der Waals surface area contributed by atoms with Crippen LogP contribution < -0.4 is 16.8 Å². The van der Waals surface area contributed by atoms with Crippen LogP contribution in [0, 0.1) is 0 Å². The van der Waals surface area contributed by atoms with Crippen LogP contribution in [0.4, 0.5) is 5.69 Å². The molecule has 112 valence electrons. The van der Waals surface area contributed by atoms with Crippen molar-refractivity contribution in [1.82, 2.24) is 10.2 Å². The summed E-state index contributed by atoms with van der Waals surface area (Å²) in [5, 5.41) is 10.1. The Balaban J connectivity index is 1.80. The average molecular weight is 309 g/mol. The van der Waals surface area contributed by atoms with Crippen molar-refractivity contribution >= 4 is 17.3 Å². The molecule has 0 aliphatic heterocycles. The van der Waals surface area contributed by atoms with Gasteiger partial charge in [0.2, 0.25) is 5.89 Å². The first-order valence-electron chi connectivity index (χ1n) is 6.99. The Morgan fingerprint density at radius 3 is 2.76 bits per heavy atom. The molecular formula is C14H17ClN4O2. The van der Waals surface area contributed by atoms with Crippen LogP contribution in [0.3, 0.4) is 0 Å². The van der Waals surface area contributed by atoms with Gasteiger partial charge in [0.1, 0.15) is 0 Å². The molecule has 21 heavy (non-hydrogen) atoms. The van der Waals surface area contributed by atoms with E-state index in [0.717, 1.165) is 31.4 Å². The summed E-state index contributed by atoms with van der Waals surface area (Å²) in [5.74, 6) is -0.318. The topological polar surface area (TPSA) is 96.9 Å². The van der Waals surface area contributed by atoms with E-state index in [1.807, 2.05) is 6.07 Å². The number of H-pyrrole nitrogens is 1. The van der Waals surface area contributed by atoms with Gasteiger partial charge in [-0.3, -0.25) is 0 Å². The third-order valence-corrected chi connectivity index (χ3v) is 4.11. The number of hydrogen-bond acceptors (Lipinski definition) is 5. The zero-order valence-corrected chi connectivity index (χ0v) is 12.2. The fraction of sp³-hybridized carbons (Fsp3) is 0.429. The largest absolute Gasteiger partial charge is 0.434 e. The van der Waals surface area contributed by atoms with Crippen LogP contribution in [0.1, 0.15) is 25.7 Å². The minimum Gasteiger partial charge on any atom is -0.388 e. The van der Waals surface area contributed by atoms with E-state index >= 15 is 0 Å². The lowest BCUT2D eigenvalue weighted by molar-refractivity contribution is 0.411. The number of benzene rings is 1. The summed E-state index contributed by atoms with van der Waals surface area (Å²) in [6.07, 6.45) is 4.09. The summed E-state index contributed by atoms with van der Waals surface area (Å²) in [7, 11) is 0. The van der Waals surface area contributed by atoms with Crippen LogP contribution in [-0.4, -0.2) is 22.3 Å². The smallest absolute Gasteiger partial charge is 0.388 e. The molecule has 0 saturated heterocycles. The molecule has 1 aliphatic carbocycles. The highest BCUT2D eigenvalue weighted by Crippen LogP contribution is 2.30. The van der Waals surface area contributed by atoms with E-state index in [-0.39, 0.29) is 5.89 Å². The fourth-order valence-corrected chi connectivity index (χ4v) is 2.78. The maximum Gasteiger partial charge on any atom is 0.434 e. The number of aromatic nitrogens is 2. The molecule has 1 aromatic heterocycles. The third-order valence-electron chi connectivity index (χ3n) is 3.78. The monoisotopic (exact) mass is 308 g/mol. The summed E-state index contributed by atoms with van der Waals surface area (Å²) in [6.45, 7) is 0. The first-order valence-corrected chi connectivity index (χ1v) is 7.37. The number of aromatic amines is 1. The molecule has 0 radical (unpaired) electrons. The summed E-state index contributed by atoms with van der Waals surface area (Å²) in [5.41, 5.74) is 7.44. The van der Waals surface area contributed by atoms with E-state index in [4.69, 9.17) is 21.8 Å². The number of nitrogens with two attached hydrogens (primary N) is 1. The van der Waals surface area contributed by atoms with Crippen LogP contribution in [0.5, 0.6) is 0 Å². The van der Waals surface area contributed by atoms with E-state index in [1.54, 1.807) is 12.1 Å². The minimum absolute atomic E-state index is 0.255. The zero-order valence-electron chi connectivity index (χ0n) is 11.4. The Hall–Kier alpha value is -1.79. The maximum absolute atomic E-state index is 11.0. The molecular weight excluding hydrogens is 292 g/mol. The van der Waals surface area contributed by atoms with Crippen LogP contribution in [0.25, 0.3) is 11.5 Å². The number of rotatable bonds is 3. The second-order valence-electron chi connectivity index (χ2n) is 5.37. The van der Waals surface area contributed by atoms with Gasteiger partial charge in [0, 0.05) is 17.6 Å². The maximum atomic E-state index is 11.0. The van der Waals surface area contributed by atoms with Crippen molar-refractivity contribution in [3.63, 3.8) is 0 Å². The number of nitrogens with zero attached hydrogens (tertiary/aromatic N) is 1. The highest BCUT2D eigenvalue weighted by molar-refractivity contribution is 6.33. The highest BCUT2D eigenvalue weighted by atomic mass is 35.5. The minimum atomic E-state index is -0.573. The molecule has 7 heteroatoms. The molecule has 0 spiro atoms. The van der Waals surface area contributed by atoms with Crippen molar-refractivity contribution < 1.29 is 4.42 Å². The molecule has 2 aromatic rings. The average Bonchev–Trinajstić information content (AvgIpc) is 2.90. The zero-order chi connectivity index (χ0) is 14.8. The summed E-state index contributed by atoms with van der Waals surface area (Å²) in [6, 6.07) is 6.05. The molecule has 1 heterocycles. The molecule has 0 amide bonds. The summed E-state index contributed by atoms with van der Waals surface area (Å²) in [4.78, 5) is 11.0.